The molecule has 2 N–H and O–H groups in total. The lowest BCUT2D eigenvalue weighted by Gasteiger charge is -2.22. The minimum Gasteiger partial charge on any atom is -0.370 e. The van der Waals surface area contributed by atoms with Crippen LogP contribution in [-0.4, -0.2) is 7.05 Å². The molecule has 2 aromatic carbocycles. The zero-order valence-electron chi connectivity index (χ0n) is 11.4. The topological polar surface area (TPSA) is 29.3 Å². The molecule has 0 aliphatic rings. The maximum atomic E-state index is 5.81. The molecule has 0 aliphatic heterocycles. The predicted molar refractivity (Wildman–Crippen MR) is 85.3 cm³/mol. The Morgan fingerprint density at radius 2 is 1.79 bits per heavy atom. The van der Waals surface area contributed by atoms with Crippen LogP contribution in [0.1, 0.15) is 16.7 Å². The number of benzene rings is 2. The second-order valence-electron chi connectivity index (χ2n) is 4.82. The van der Waals surface area contributed by atoms with Crippen molar-refractivity contribution in [2.45, 2.75) is 20.0 Å². The van der Waals surface area contributed by atoms with E-state index in [0.29, 0.717) is 6.54 Å². The molecule has 0 saturated heterocycles. The summed E-state index contributed by atoms with van der Waals surface area (Å²) in [5.41, 5.74) is 10.7. The van der Waals surface area contributed by atoms with E-state index < -0.39 is 0 Å². The number of rotatable bonds is 4. The summed E-state index contributed by atoms with van der Waals surface area (Å²) in [6.45, 7) is 3.54. The Hall–Kier alpha value is -1.32. The molecular formula is C16H19BrN2. The third kappa shape index (κ3) is 3.58. The molecule has 0 aliphatic carbocycles. The van der Waals surface area contributed by atoms with Crippen molar-refractivity contribution in [3.8, 4) is 0 Å². The minimum absolute atomic E-state index is 0.556. The molecule has 0 fully saturated rings. The highest BCUT2D eigenvalue weighted by atomic mass is 79.9. The molecular weight excluding hydrogens is 300 g/mol. The van der Waals surface area contributed by atoms with E-state index in [9.17, 15) is 0 Å². The number of hydrogen-bond donors (Lipinski definition) is 1. The van der Waals surface area contributed by atoms with E-state index in [2.05, 4.69) is 71.2 Å². The Morgan fingerprint density at radius 3 is 2.42 bits per heavy atom. The maximum absolute atomic E-state index is 5.81. The zero-order valence-corrected chi connectivity index (χ0v) is 12.9. The van der Waals surface area contributed by atoms with Gasteiger partial charge in [-0.15, -0.1) is 0 Å². The fourth-order valence-corrected chi connectivity index (χ4v) is 2.47. The summed E-state index contributed by atoms with van der Waals surface area (Å²) in [6, 6.07) is 14.9. The summed E-state index contributed by atoms with van der Waals surface area (Å²) >= 11 is 3.52. The van der Waals surface area contributed by atoms with Gasteiger partial charge in [0.2, 0.25) is 0 Å². The summed E-state index contributed by atoms with van der Waals surface area (Å²) in [7, 11) is 2.10. The summed E-state index contributed by atoms with van der Waals surface area (Å²) < 4.78 is 1.08. The number of halogens is 1. The van der Waals surface area contributed by atoms with Gasteiger partial charge in [-0.25, -0.2) is 0 Å². The van der Waals surface area contributed by atoms with Crippen molar-refractivity contribution in [1.82, 2.24) is 0 Å². The molecule has 0 unspecified atom stereocenters. The molecule has 3 heteroatoms. The van der Waals surface area contributed by atoms with Gasteiger partial charge < -0.3 is 10.6 Å². The van der Waals surface area contributed by atoms with Gasteiger partial charge in [0.1, 0.15) is 0 Å². The van der Waals surface area contributed by atoms with Crippen LogP contribution in [0.25, 0.3) is 0 Å². The van der Waals surface area contributed by atoms with Gasteiger partial charge in [-0.3, -0.25) is 0 Å². The van der Waals surface area contributed by atoms with Gasteiger partial charge in [-0.2, -0.15) is 0 Å². The lowest BCUT2D eigenvalue weighted by Crippen LogP contribution is -2.19. The molecule has 0 radical (unpaired) electrons. The van der Waals surface area contributed by atoms with E-state index in [1.807, 2.05) is 6.07 Å². The molecule has 0 saturated carbocycles. The first-order valence-electron chi connectivity index (χ1n) is 6.35. The number of anilines is 1. The van der Waals surface area contributed by atoms with E-state index in [1.165, 1.54) is 16.8 Å². The largest absolute Gasteiger partial charge is 0.370 e. The summed E-state index contributed by atoms with van der Waals surface area (Å²) in [5.74, 6) is 0. The highest BCUT2D eigenvalue weighted by Gasteiger charge is 2.08. The highest BCUT2D eigenvalue weighted by Crippen LogP contribution is 2.25. The van der Waals surface area contributed by atoms with Crippen molar-refractivity contribution >= 4 is 21.6 Å². The first-order valence-corrected chi connectivity index (χ1v) is 7.14. The predicted octanol–water partition coefficient (Wildman–Crippen LogP) is 3.85. The molecule has 0 aromatic heterocycles. The lowest BCUT2D eigenvalue weighted by atomic mass is 10.1. The standard InChI is InChI=1S/C16H19BrN2/c1-12-3-5-13(6-4-12)11-19(2)16-9-15(17)8-7-14(16)10-18/h3-9H,10-11,18H2,1-2H3. The molecule has 2 rings (SSSR count). The molecule has 0 amide bonds. The number of nitrogens with two attached hydrogens (primary N) is 1. The van der Waals surface area contributed by atoms with Crippen molar-refractivity contribution in [3.63, 3.8) is 0 Å². The summed E-state index contributed by atoms with van der Waals surface area (Å²) in [4.78, 5) is 2.23. The SMILES string of the molecule is Cc1ccc(CN(C)c2cc(Br)ccc2CN)cc1. The monoisotopic (exact) mass is 318 g/mol. The van der Waals surface area contributed by atoms with Gasteiger partial charge in [0.25, 0.3) is 0 Å². The quantitative estimate of drug-likeness (QED) is 0.927. The summed E-state index contributed by atoms with van der Waals surface area (Å²) in [5, 5.41) is 0. The van der Waals surface area contributed by atoms with Gasteiger partial charge >= 0.3 is 0 Å². The third-order valence-electron chi connectivity index (χ3n) is 3.22. The van der Waals surface area contributed by atoms with Crippen LogP contribution in [0, 0.1) is 6.92 Å². The average Bonchev–Trinajstić information content (AvgIpc) is 2.41. The van der Waals surface area contributed by atoms with Gasteiger partial charge in [0.15, 0.2) is 0 Å². The second kappa shape index (κ2) is 6.22. The van der Waals surface area contributed by atoms with Crippen molar-refractivity contribution in [3.05, 3.63) is 63.6 Å². The fourth-order valence-electron chi connectivity index (χ4n) is 2.12. The van der Waals surface area contributed by atoms with Gasteiger partial charge in [0, 0.05) is 30.3 Å². The fraction of sp³-hybridized carbons (Fsp3) is 0.250. The van der Waals surface area contributed by atoms with Crippen LogP contribution in [0.2, 0.25) is 0 Å². The maximum Gasteiger partial charge on any atom is 0.0426 e. The van der Waals surface area contributed by atoms with Crippen molar-refractivity contribution in [2.75, 3.05) is 11.9 Å². The Balaban J connectivity index is 2.21. The van der Waals surface area contributed by atoms with Gasteiger partial charge in [-0.1, -0.05) is 51.8 Å². The van der Waals surface area contributed by atoms with Gasteiger partial charge in [0.05, 0.1) is 0 Å². The smallest absolute Gasteiger partial charge is 0.0426 e. The van der Waals surface area contributed by atoms with E-state index >= 15 is 0 Å². The molecule has 100 valence electrons. The number of aryl methyl sites for hydroxylation is 1. The van der Waals surface area contributed by atoms with Crippen LogP contribution in [0.4, 0.5) is 5.69 Å². The lowest BCUT2D eigenvalue weighted by molar-refractivity contribution is 0.903. The zero-order chi connectivity index (χ0) is 13.8. The Labute approximate surface area is 123 Å². The molecule has 0 atom stereocenters. The second-order valence-corrected chi connectivity index (χ2v) is 5.73. The van der Waals surface area contributed by atoms with Crippen molar-refractivity contribution in [1.29, 1.82) is 0 Å². The normalized spacial score (nSPS) is 10.5. The molecule has 19 heavy (non-hydrogen) atoms. The third-order valence-corrected chi connectivity index (χ3v) is 3.71. The van der Waals surface area contributed by atoms with Crippen LogP contribution in [0.15, 0.2) is 46.9 Å². The molecule has 0 heterocycles. The van der Waals surface area contributed by atoms with Crippen molar-refractivity contribution < 1.29 is 0 Å². The van der Waals surface area contributed by atoms with E-state index in [1.54, 1.807) is 0 Å². The van der Waals surface area contributed by atoms with Crippen LogP contribution in [0.5, 0.6) is 0 Å². The van der Waals surface area contributed by atoms with E-state index in [0.717, 1.165) is 16.6 Å². The van der Waals surface area contributed by atoms with Crippen LogP contribution in [-0.2, 0) is 13.1 Å². The minimum atomic E-state index is 0.556. The van der Waals surface area contributed by atoms with Gasteiger partial charge in [-0.05, 0) is 30.2 Å². The summed E-state index contributed by atoms with van der Waals surface area (Å²) in [6.07, 6.45) is 0. The average molecular weight is 319 g/mol. The molecule has 0 spiro atoms. The van der Waals surface area contributed by atoms with Crippen molar-refractivity contribution in [2.24, 2.45) is 5.73 Å². The van der Waals surface area contributed by atoms with Crippen LogP contribution in [0.3, 0.4) is 0 Å². The molecule has 0 bridgehead atoms. The number of hydrogen-bond acceptors (Lipinski definition) is 2. The van der Waals surface area contributed by atoms with Crippen LogP contribution >= 0.6 is 15.9 Å². The first-order chi connectivity index (χ1) is 9.10. The van der Waals surface area contributed by atoms with E-state index in [-0.39, 0.29) is 0 Å². The number of nitrogens with zero attached hydrogens (tertiary/aromatic N) is 1. The highest BCUT2D eigenvalue weighted by molar-refractivity contribution is 9.10. The first kappa shape index (κ1) is 14.1. The Bertz CT molecular complexity index is 549. The molecule has 2 nitrogen and oxygen atoms in total. The van der Waals surface area contributed by atoms with Crippen LogP contribution < -0.4 is 10.6 Å². The Kier molecular flexibility index (Phi) is 4.61. The van der Waals surface area contributed by atoms with E-state index in [4.69, 9.17) is 5.73 Å². The molecule has 2 aromatic rings. The Morgan fingerprint density at radius 1 is 1.11 bits per heavy atom.